The first kappa shape index (κ1) is 19.0. The molecule has 0 saturated carbocycles. The molecule has 0 spiro atoms. The van der Waals surface area contributed by atoms with E-state index in [0.717, 1.165) is 12.8 Å². The summed E-state index contributed by atoms with van der Waals surface area (Å²) >= 11 is 0. The van der Waals surface area contributed by atoms with Gasteiger partial charge < -0.3 is 9.42 Å². The molecule has 2 fully saturated rings. The van der Waals surface area contributed by atoms with Crippen LogP contribution in [-0.2, 0) is 10.2 Å². The number of piperazine rings is 1. The summed E-state index contributed by atoms with van der Waals surface area (Å²) in [6.07, 6.45) is 1.77. The molecule has 1 amide bonds. The van der Waals surface area contributed by atoms with Crippen LogP contribution < -0.4 is 0 Å². The Morgan fingerprint density at radius 2 is 1.68 bits per heavy atom. The second-order valence-electron chi connectivity index (χ2n) is 6.89. The summed E-state index contributed by atoms with van der Waals surface area (Å²) in [4.78, 5) is 14.2. The van der Waals surface area contributed by atoms with Gasteiger partial charge in [-0.15, -0.1) is 0 Å². The minimum atomic E-state index is -3.45. The first-order chi connectivity index (χ1) is 13.4. The van der Waals surface area contributed by atoms with E-state index in [0.29, 0.717) is 24.3 Å². The van der Waals surface area contributed by atoms with Crippen LogP contribution in [0.25, 0.3) is 11.3 Å². The zero-order valence-corrected chi connectivity index (χ0v) is 16.1. The molecule has 2 aliphatic rings. The van der Waals surface area contributed by atoms with Crippen molar-refractivity contribution >= 4 is 16.1 Å². The molecule has 0 N–H and O–H groups in total. The minimum absolute atomic E-state index is 0.0510. The van der Waals surface area contributed by atoms with E-state index in [9.17, 15) is 17.6 Å². The lowest BCUT2D eigenvalue weighted by molar-refractivity contribution is 0.0653. The van der Waals surface area contributed by atoms with Crippen LogP contribution in [0.15, 0.2) is 34.9 Å². The maximum Gasteiger partial charge on any atom is 0.292 e. The van der Waals surface area contributed by atoms with Crippen LogP contribution in [-0.4, -0.2) is 72.3 Å². The predicted molar refractivity (Wildman–Crippen MR) is 99.1 cm³/mol. The molecule has 8 nitrogen and oxygen atoms in total. The van der Waals surface area contributed by atoms with Gasteiger partial charge in [0.25, 0.3) is 16.1 Å². The Hall–Kier alpha value is -2.30. The van der Waals surface area contributed by atoms with Crippen molar-refractivity contribution in [2.45, 2.75) is 12.8 Å². The highest BCUT2D eigenvalue weighted by Crippen LogP contribution is 2.22. The van der Waals surface area contributed by atoms with Crippen molar-refractivity contribution in [3.05, 3.63) is 41.9 Å². The number of aromatic nitrogens is 1. The minimum Gasteiger partial charge on any atom is -0.350 e. The molecule has 1 aromatic carbocycles. The number of benzene rings is 1. The second kappa shape index (κ2) is 7.61. The standard InChI is InChI=1S/C18H21FN4O4S/c19-15-5-3-4-14(12-15)16-13-17(27-20-16)18(24)21-8-10-23(11-9-21)28(25,26)22-6-1-2-7-22/h3-5,12-13H,1-2,6-11H2. The summed E-state index contributed by atoms with van der Waals surface area (Å²) in [5.74, 6) is -0.702. The van der Waals surface area contributed by atoms with Gasteiger partial charge in [-0.1, -0.05) is 17.3 Å². The van der Waals surface area contributed by atoms with E-state index in [1.54, 1.807) is 17.0 Å². The number of nitrogens with zero attached hydrogens (tertiary/aromatic N) is 4. The summed E-state index contributed by atoms with van der Waals surface area (Å²) in [7, 11) is -3.45. The number of rotatable bonds is 4. The molecule has 0 radical (unpaired) electrons. The fraction of sp³-hybridized carbons (Fsp3) is 0.444. The highest BCUT2D eigenvalue weighted by atomic mass is 32.2. The van der Waals surface area contributed by atoms with Gasteiger partial charge in [0.05, 0.1) is 0 Å². The van der Waals surface area contributed by atoms with Crippen LogP contribution in [0.5, 0.6) is 0 Å². The molecular formula is C18H21FN4O4S. The average Bonchev–Trinajstić information content (AvgIpc) is 3.40. The van der Waals surface area contributed by atoms with Crippen molar-refractivity contribution in [2.24, 2.45) is 0 Å². The maximum absolute atomic E-state index is 13.4. The summed E-state index contributed by atoms with van der Waals surface area (Å²) < 4.78 is 46.7. The monoisotopic (exact) mass is 408 g/mol. The Labute approximate surface area is 162 Å². The quantitative estimate of drug-likeness (QED) is 0.767. The van der Waals surface area contributed by atoms with Gasteiger partial charge in [-0.25, -0.2) is 4.39 Å². The molecule has 0 atom stereocenters. The van der Waals surface area contributed by atoms with E-state index < -0.39 is 16.0 Å². The van der Waals surface area contributed by atoms with Crippen LogP contribution in [0.4, 0.5) is 4.39 Å². The van der Waals surface area contributed by atoms with Crippen LogP contribution in [0.1, 0.15) is 23.4 Å². The second-order valence-corrected chi connectivity index (χ2v) is 8.82. The molecule has 1 aromatic heterocycles. The fourth-order valence-electron chi connectivity index (χ4n) is 3.52. The van der Waals surface area contributed by atoms with Gasteiger partial charge in [-0.05, 0) is 25.0 Å². The molecule has 0 aliphatic carbocycles. The Morgan fingerprint density at radius 3 is 2.36 bits per heavy atom. The van der Waals surface area contributed by atoms with Gasteiger partial charge in [0.15, 0.2) is 0 Å². The summed E-state index contributed by atoms with van der Waals surface area (Å²) in [5, 5.41) is 3.85. The van der Waals surface area contributed by atoms with Crippen LogP contribution in [0.3, 0.4) is 0 Å². The number of hydrogen-bond donors (Lipinski definition) is 0. The smallest absolute Gasteiger partial charge is 0.292 e. The number of hydrogen-bond acceptors (Lipinski definition) is 5. The molecule has 2 aromatic rings. The fourth-order valence-corrected chi connectivity index (χ4v) is 5.19. The topological polar surface area (TPSA) is 87.0 Å². The summed E-state index contributed by atoms with van der Waals surface area (Å²) in [6.45, 7) is 2.17. The number of halogens is 1. The van der Waals surface area contributed by atoms with Gasteiger partial charge in [-0.2, -0.15) is 17.0 Å². The predicted octanol–water partition coefficient (Wildman–Crippen LogP) is 1.58. The van der Waals surface area contributed by atoms with Gasteiger partial charge in [0, 0.05) is 50.9 Å². The largest absolute Gasteiger partial charge is 0.350 e. The molecule has 28 heavy (non-hydrogen) atoms. The number of amides is 1. The third kappa shape index (κ3) is 3.67. The zero-order chi connectivity index (χ0) is 19.7. The SMILES string of the molecule is O=C(c1cc(-c2cccc(F)c2)no1)N1CCN(S(=O)(=O)N2CCCC2)CC1. The van der Waals surface area contributed by atoms with E-state index >= 15 is 0 Å². The van der Waals surface area contributed by atoms with Crippen LogP contribution in [0, 0.1) is 5.82 Å². The first-order valence-corrected chi connectivity index (χ1v) is 10.6. The lowest BCUT2D eigenvalue weighted by Crippen LogP contribution is -2.53. The lowest BCUT2D eigenvalue weighted by Gasteiger charge is -2.35. The Kier molecular flexibility index (Phi) is 5.17. The van der Waals surface area contributed by atoms with Crippen LogP contribution in [0.2, 0.25) is 0 Å². The highest BCUT2D eigenvalue weighted by Gasteiger charge is 2.35. The molecule has 10 heteroatoms. The van der Waals surface area contributed by atoms with Gasteiger partial charge >= 0.3 is 0 Å². The Bertz CT molecular complexity index is 963. The summed E-state index contributed by atoms with van der Waals surface area (Å²) in [5.41, 5.74) is 0.891. The molecule has 0 bridgehead atoms. The van der Waals surface area contributed by atoms with Crippen molar-refractivity contribution in [3.63, 3.8) is 0 Å². The molecule has 2 saturated heterocycles. The highest BCUT2D eigenvalue weighted by molar-refractivity contribution is 7.86. The average molecular weight is 408 g/mol. The van der Waals surface area contributed by atoms with E-state index in [2.05, 4.69) is 5.16 Å². The van der Waals surface area contributed by atoms with E-state index in [1.165, 1.54) is 26.8 Å². The Balaban J connectivity index is 1.40. The maximum atomic E-state index is 13.4. The van der Waals surface area contributed by atoms with E-state index in [1.807, 2.05) is 0 Å². The van der Waals surface area contributed by atoms with Gasteiger partial charge in [-0.3, -0.25) is 4.79 Å². The molecule has 3 heterocycles. The van der Waals surface area contributed by atoms with Gasteiger partial charge in [0.1, 0.15) is 11.5 Å². The van der Waals surface area contributed by atoms with Crippen molar-refractivity contribution in [3.8, 4) is 11.3 Å². The van der Waals surface area contributed by atoms with Gasteiger partial charge in [0.2, 0.25) is 5.76 Å². The molecule has 0 unspecified atom stereocenters. The molecule has 2 aliphatic heterocycles. The molecular weight excluding hydrogens is 387 g/mol. The third-order valence-electron chi connectivity index (χ3n) is 5.08. The van der Waals surface area contributed by atoms with Crippen LogP contribution >= 0.6 is 0 Å². The normalized spacial score (nSPS) is 19.2. The van der Waals surface area contributed by atoms with Crippen molar-refractivity contribution < 1.29 is 22.1 Å². The first-order valence-electron chi connectivity index (χ1n) is 9.22. The molecule has 4 rings (SSSR count). The Morgan fingerprint density at radius 1 is 1.00 bits per heavy atom. The van der Waals surface area contributed by atoms with Crippen molar-refractivity contribution in [2.75, 3.05) is 39.3 Å². The summed E-state index contributed by atoms with van der Waals surface area (Å²) in [6, 6.07) is 7.35. The number of carbonyl (C=O) groups is 1. The number of carbonyl (C=O) groups excluding carboxylic acids is 1. The van der Waals surface area contributed by atoms with E-state index in [4.69, 9.17) is 4.52 Å². The van der Waals surface area contributed by atoms with E-state index in [-0.39, 0.29) is 37.8 Å². The zero-order valence-electron chi connectivity index (χ0n) is 15.3. The third-order valence-corrected chi connectivity index (χ3v) is 7.12. The molecule has 150 valence electrons. The van der Waals surface area contributed by atoms with Crippen molar-refractivity contribution in [1.82, 2.24) is 18.7 Å². The lowest BCUT2D eigenvalue weighted by atomic mass is 10.1. The van der Waals surface area contributed by atoms with Crippen molar-refractivity contribution in [1.29, 1.82) is 0 Å².